The van der Waals surface area contributed by atoms with Crippen LogP contribution in [0.25, 0.3) is 0 Å². The zero-order valence-corrected chi connectivity index (χ0v) is 19.8. The van der Waals surface area contributed by atoms with Gasteiger partial charge < -0.3 is 19.1 Å². The minimum absolute atomic E-state index is 0.106. The Morgan fingerprint density at radius 1 is 1.00 bits per heavy atom. The van der Waals surface area contributed by atoms with Crippen LogP contribution < -0.4 is 14.4 Å². The zero-order chi connectivity index (χ0) is 23.3. The van der Waals surface area contributed by atoms with E-state index >= 15 is 0 Å². The molecule has 1 aromatic heterocycles. The highest BCUT2D eigenvalue weighted by molar-refractivity contribution is 5.49. The van der Waals surface area contributed by atoms with Crippen LogP contribution in [-0.4, -0.2) is 78.2 Å². The number of hydrogen-bond acceptors (Lipinski definition) is 8. The van der Waals surface area contributed by atoms with Gasteiger partial charge in [0.25, 0.3) is 0 Å². The highest BCUT2D eigenvalue weighted by Crippen LogP contribution is 2.35. The van der Waals surface area contributed by atoms with Crippen molar-refractivity contribution in [2.75, 3.05) is 51.9 Å². The van der Waals surface area contributed by atoms with Gasteiger partial charge in [0.05, 0.1) is 26.9 Å². The smallest absolute Gasteiger partial charge is 0.173 e. The summed E-state index contributed by atoms with van der Waals surface area (Å²) in [7, 11) is 3.41. The van der Waals surface area contributed by atoms with E-state index in [0.717, 1.165) is 68.5 Å². The fourth-order valence-corrected chi connectivity index (χ4v) is 4.94. The van der Waals surface area contributed by atoms with E-state index in [1.807, 2.05) is 35.0 Å². The Hall–Kier alpha value is -3.17. The minimum Gasteiger partial charge on any atom is -0.497 e. The Kier molecular flexibility index (Phi) is 6.92. The van der Waals surface area contributed by atoms with E-state index in [0.29, 0.717) is 6.54 Å². The molecule has 9 nitrogen and oxygen atoms in total. The predicted octanol–water partition coefficient (Wildman–Crippen LogP) is 2.78. The standard InChI is InChI=1S/C25H32N6O3/c1-32-20-11-9-19(10-12-20)29-13-15-30(16-14-29)24(22-7-3-4-8-23(22)33-2)25-26-27-28-31(25)18-21-6-5-17-34-21/h3-4,7-12,21,24H,5-6,13-18H2,1-2H3/t21-,24-/m1/s1. The summed E-state index contributed by atoms with van der Waals surface area (Å²) >= 11 is 0. The molecule has 2 aliphatic rings. The zero-order valence-electron chi connectivity index (χ0n) is 19.8. The van der Waals surface area contributed by atoms with Crippen LogP contribution in [0.15, 0.2) is 48.5 Å². The molecule has 2 saturated heterocycles. The van der Waals surface area contributed by atoms with Crippen LogP contribution >= 0.6 is 0 Å². The third-order valence-corrected chi connectivity index (χ3v) is 6.76. The minimum atomic E-state index is -0.106. The maximum atomic E-state index is 5.87. The third kappa shape index (κ3) is 4.71. The van der Waals surface area contributed by atoms with E-state index in [1.54, 1.807) is 14.2 Å². The second-order valence-electron chi connectivity index (χ2n) is 8.72. The number of nitrogens with zero attached hydrogens (tertiary/aromatic N) is 6. The fraction of sp³-hybridized carbons (Fsp3) is 0.480. The molecule has 0 radical (unpaired) electrons. The summed E-state index contributed by atoms with van der Waals surface area (Å²) in [4.78, 5) is 4.86. The molecule has 0 saturated carbocycles. The molecule has 0 bridgehead atoms. The molecule has 2 atom stereocenters. The van der Waals surface area contributed by atoms with Crippen molar-refractivity contribution in [2.24, 2.45) is 0 Å². The number of piperazine rings is 1. The first-order valence-corrected chi connectivity index (χ1v) is 11.9. The molecule has 0 aliphatic carbocycles. The molecule has 2 aromatic carbocycles. The Balaban J connectivity index is 1.40. The maximum Gasteiger partial charge on any atom is 0.173 e. The number of hydrogen-bond donors (Lipinski definition) is 0. The van der Waals surface area contributed by atoms with Gasteiger partial charge in [-0.2, -0.15) is 0 Å². The van der Waals surface area contributed by atoms with E-state index in [4.69, 9.17) is 14.2 Å². The number of aromatic nitrogens is 4. The van der Waals surface area contributed by atoms with Crippen LogP contribution in [0.3, 0.4) is 0 Å². The van der Waals surface area contributed by atoms with Gasteiger partial charge in [-0.15, -0.1) is 5.10 Å². The Morgan fingerprint density at radius 2 is 1.79 bits per heavy atom. The first-order valence-electron chi connectivity index (χ1n) is 11.9. The summed E-state index contributed by atoms with van der Waals surface area (Å²) in [6, 6.07) is 16.3. The van der Waals surface area contributed by atoms with Crippen LogP contribution in [0.2, 0.25) is 0 Å². The number of tetrazole rings is 1. The summed E-state index contributed by atoms with van der Waals surface area (Å²) in [5.74, 6) is 2.55. The topological polar surface area (TPSA) is 77.8 Å². The average Bonchev–Trinajstić information content (AvgIpc) is 3.58. The maximum absolute atomic E-state index is 5.87. The van der Waals surface area contributed by atoms with Crippen molar-refractivity contribution in [2.45, 2.75) is 31.5 Å². The van der Waals surface area contributed by atoms with Crippen molar-refractivity contribution in [3.63, 3.8) is 0 Å². The molecule has 5 rings (SSSR count). The van der Waals surface area contributed by atoms with Gasteiger partial charge in [-0.1, -0.05) is 18.2 Å². The molecule has 180 valence electrons. The van der Waals surface area contributed by atoms with E-state index < -0.39 is 0 Å². The van der Waals surface area contributed by atoms with Crippen LogP contribution in [0, 0.1) is 0 Å². The first kappa shape index (κ1) is 22.6. The van der Waals surface area contributed by atoms with Gasteiger partial charge in [-0.3, -0.25) is 4.90 Å². The number of benzene rings is 2. The molecule has 3 heterocycles. The molecule has 2 fully saturated rings. The first-order chi connectivity index (χ1) is 16.8. The van der Waals surface area contributed by atoms with E-state index in [2.05, 4.69) is 43.5 Å². The summed E-state index contributed by atoms with van der Waals surface area (Å²) < 4.78 is 18.8. The molecule has 0 spiro atoms. The number of anilines is 1. The molecule has 0 unspecified atom stereocenters. The summed E-state index contributed by atoms with van der Waals surface area (Å²) in [6.45, 7) is 5.05. The number of ether oxygens (including phenoxy) is 3. The fourth-order valence-electron chi connectivity index (χ4n) is 4.94. The number of para-hydroxylation sites is 1. The summed E-state index contributed by atoms with van der Waals surface area (Å²) in [6.07, 6.45) is 2.29. The SMILES string of the molecule is COc1ccc(N2CCN([C@H](c3ccccc3OC)c3nnnn3C[C@H]3CCCO3)CC2)cc1. The number of rotatable bonds is 8. The Morgan fingerprint density at radius 3 is 2.50 bits per heavy atom. The van der Waals surface area contributed by atoms with Crippen molar-refractivity contribution in [3.05, 3.63) is 59.9 Å². The molecule has 3 aromatic rings. The van der Waals surface area contributed by atoms with Crippen LogP contribution in [-0.2, 0) is 11.3 Å². The molecule has 9 heteroatoms. The molecular formula is C25H32N6O3. The van der Waals surface area contributed by atoms with E-state index in [9.17, 15) is 0 Å². The van der Waals surface area contributed by atoms with Crippen molar-refractivity contribution < 1.29 is 14.2 Å². The molecule has 0 amide bonds. The highest BCUT2D eigenvalue weighted by Gasteiger charge is 2.33. The van der Waals surface area contributed by atoms with Gasteiger partial charge in [0.15, 0.2) is 5.82 Å². The van der Waals surface area contributed by atoms with Gasteiger partial charge in [0.2, 0.25) is 0 Å². The predicted molar refractivity (Wildman–Crippen MR) is 128 cm³/mol. The van der Waals surface area contributed by atoms with Crippen molar-refractivity contribution >= 4 is 5.69 Å². The van der Waals surface area contributed by atoms with E-state index in [1.165, 1.54) is 5.69 Å². The summed E-state index contributed by atoms with van der Waals surface area (Å²) in [5.41, 5.74) is 2.28. The second kappa shape index (κ2) is 10.4. The van der Waals surface area contributed by atoms with Gasteiger partial charge in [0.1, 0.15) is 17.5 Å². The quantitative estimate of drug-likeness (QED) is 0.504. The van der Waals surface area contributed by atoms with Crippen LogP contribution in [0.5, 0.6) is 11.5 Å². The van der Waals surface area contributed by atoms with Gasteiger partial charge in [-0.05, 0) is 53.6 Å². The summed E-state index contributed by atoms with van der Waals surface area (Å²) in [5, 5.41) is 12.9. The molecule has 34 heavy (non-hydrogen) atoms. The lowest BCUT2D eigenvalue weighted by atomic mass is 10.0. The second-order valence-corrected chi connectivity index (χ2v) is 8.72. The van der Waals surface area contributed by atoms with Gasteiger partial charge in [0, 0.05) is 44.0 Å². The van der Waals surface area contributed by atoms with Gasteiger partial charge in [-0.25, -0.2) is 4.68 Å². The largest absolute Gasteiger partial charge is 0.497 e. The Bertz CT molecular complexity index is 1060. The van der Waals surface area contributed by atoms with Crippen molar-refractivity contribution in [1.82, 2.24) is 25.1 Å². The van der Waals surface area contributed by atoms with Crippen LogP contribution in [0.1, 0.15) is 30.3 Å². The highest BCUT2D eigenvalue weighted by atomic mass is 16.5. The lowest BCUT2D eigenvalue weighted by molar-refractivity contribution is 0.0906. The Labute approximate surface area is 200 Å². The van der Waals surface area contributed by atoms with Crippen LogP contribution in [0.4, 0.5) is 5.69 Å². The average molecular weight is 465 g/mol. The van der Waals surface area contributed by atoms with E-state index in [-0.39, 0.29) is 12.1 Å². The van der Waals surface area contributed by atoms with Gasteiger partial charge >= 0.3 is 0 Å². The van der Waals surface area contributed by atoms with Crippen molar-refractivity contribution in [3.8, 4) is 11.5 Å². The number of methoxy groups -OCH3 is 2. The third-order valence-electron chi connectivity index (χ3n) is 6.76. The lowest BCUT2D eigenvalue weighted by Gasteiger charge is -2.40. The molecule has 0 N–H and O–H groups in total. The normalized spacial score (nSPS) is 19.8. The van der Waals surface area contributed by atoms with Crippen molar-refractivity contribution in [1.29, 1.82) is 0 Å². The lowest BCUT2D eigenvalue weighted by Crippen LogP contribution is -2.48. The molecular weight excluding hydrogens is 432 g/mol. The monoisotopic (exact) mass is 464 g/mol. The molecule has 2 aliphatic heterocycles.